The molecule has 0 saturated carbocycles. The second-order valence-corrected chi connectivity index (χ2v) is 8.19. The molecule has 1 heterocycles. The zero-order valence-electron chi connectivity index (χ0n) is 17.9. The van der Waals surface area contributed by atoms with Gasteiger partial charge in [-0.3, -0.25) is 19.8 Å². The van der Waals surface area contributed by atoms with E-state index in [1.54, 1.807) is 18.2 Å². The lowest BCUT2D eigenvalue weighted by molar-refractivity contribution is -0.122. The van der Waals surface area contributed by atoms with Crippen molar-refractivity contribution >= 4 is 52.5 Å². The molecule has 1 aliphatic rings. The minimum atomic E-state index is -0.549. The van der Waals surface area contributed by atoms with Gasteiger partial charge in [0.1, 0.15) is 17.9 Å². The molecule has 1 N–H and O–H groups in total. The molecule has 0 atom stereocenters. The molecule has 3 aromatic carbocycles. The third-order valence-corrected chi connectivity index (χ3v) is 5.92. The highest BCUT2D eigenvalue weighted by Gasteiger charge is 2.34. The molecule has 0 radical (unpaired) electrons. The summed E-state index contributed by atoms with van der Waals surface area (Å²) in [5.41, 5.74) is 3.13. The molecule has 0 bridgehead atoms. The average molecular weight is 477 g/mol. The smallest absolute Gasteiger partial charge is 0.270 e. The third kappa shape index (κ3) is 4.97. The summed E-state index contributed by atoms with van der Waals surface area (Å²) in [6.07, 6.45) is 2.40. The van der Waals surface area contributed by atoms with E-state index in [0.29, 0.717) is 22.0 Å². The maximum absolute atomic E-state index is 13.3. The summed E-state index contributed by atoms with van der Waals surface area (Å²) < 4.78 is 5.96. The van der Waals surface area contributed by atoms with Crippen molar-refractivity contribution in [1.82, 2.24) is 5.32 Å². The first-order valence-electron chi connectivity index (χ1n) is 10.4. The Balaban J connectivity index is 1.63. The zero-order valence-corrected chi connectivity index (χ0v) is 19.5. The summed E-state index contributed by atoms with van der Waals surface area (Å²) in [7, 11) is 0. The molecular weight excluding hydrogens is 456 g/mol. The monoisotopic (exact) mass is 476 g/mol. The van der Waals surface area contributed by atoms with Gasteiger partial charge in [-0.15, -0.1) is 0 Å². The van der Waals surface area contributed by atoms with Crippen molar-refractivity contribution < 1.29 is 14.3 Å². The Morgan fingerprint density at radius 2 is 1.70 bits per heavy atom. The van der Waals surface area contributed by atoms with Gasteiger partial charge >= 0.3 is 0 Å². The Morgan fingerprint density at radius 3 is 2.42 bits per heavy atom. The molecule has 0 spiro atoms. The number of hydrogen-bond acceptors (Lipinski definition) is 4. The minimum Gasteiger partial charge on any atom is -0.488 e. The van der Waals surface area contributed by atoms with Crippen molar-refractivity contribution in [1.29, 1.82) is 0 Å². The number of hydrogen-bond donors (Lipinski definition) is 1. The largest absolute Gasteiger partial charge is 0.488 e. The van der Waals surface area contributed by atoms with Gasteiger partial charge in [-0.2, -0.15) is 0 Å². The van der Waals surface area contributed by atoms with E-state index in [2.05, 4.69) is 12.2 Å². The molecule has 5 nitrogen and oxygen atoms in total. The van der Waals surface area contributed by atoms with Crippen molar-refractivity contribution in [3.05, 3.63) is 100 Å². The number of ether oxygens (including phenoxy) is 1. The highest BCUT2D eigenvalue weighted by Crippen LogP contribution is 2.27. The van der Waals surface area contributed by atoms with E-state index < -0.39 is 11.8 Å². The number of rotatable bonds is 6. The van der Waals surface area contributed by atoms with Crippen LogP contribution in [0.25, 0.3) is 6.08 Å². The lowest BCUT2D eigenvalue weighted by Crippen LogP contribution is -2.54. The van der Waals surface area contributed by atoms with Gasteiger partial charge in [0, 0.05) is 16.1 Å². The molecule has 33 heavy (non-hydrogen) atoms. The molecular formula is C26H21ClN2O3S. The van der Waals surface area contributed by atoms with Crippen LogP contribution in [0.4, 0.5) is 5.69 Å². The molecule has 0 unspecified atom stereocenters. The van der Waals surface area contributed by atoms with Crippen LogP contribution in [0.1, 0.15) is 23.6 Å². The van der Waals surface area contributed by atoms with Crippen LogP contribution in [0.2, 0.25) is 5.02 Å². The molecule has 1 fully saturated rings. The molecule has 3 aromatic rings. The second kappa shape index (κ2) is 9.98. The highest BCUT2D eigenvalue weighted by atomic mass is 35.5. The van der Waals surface area contributed by atoms with Crippen LogP contribution in [0.3, 0.4) is 0 Å². The number of para-hydroxylation sites is 1. The zero-order chi connectivity index (χ0) is 23.4. The molecule has 166 valence electrons. The Bertz CT molecular complexity index is 1250. The van der Waals surface area contributed by atoms with Crippen LogP contribution in [-0.4, -0.2) is 16.9 Å². The van der Waals surface area contributed by atoms with Crippen LogP contribution >= 0.6 is 23.8 Å². The van der Waals surface area contributed by atoms with Crippen molar-refractivity contribution in [2.45, 2.75) is 20.0 Å². The number of nitrogens with one attached hydrogen (secondary N) is 1. The Hall–Kier alpha value is -3.48. The van der Waals surface area contributed by atoms with Crippen molar-refractivity contribution in [3.63, 3.8) is 0 Å². The number of halogens is 1. The van der Waals surface area contributed by atoms with Crippen LogP contribution in [-0.2, 0) is 22.6 Å². The maximum Gasteiger partial charge on any atom is 0.270 e. The van der Waals surface area contributed by atoms with E-state index in [-0.39, 0.29) is 17.3 Å². The summed E-state index contributed by atoms with van der Waals surface area (Å²) in [4.78, 5) is 27.3. The van der Waals surface area contributed by atoms with Gasteiger partial charge in [0.25, 0.3) is 11.8 Å². The summed E-state index contributed by atoms with van der Waals surface area (Å²) in [6, 6.07) is 22.1. The van der Waals surface area contributed by atoms with Gasteiger partial charge in [0.15, 0.2) is 5.11 Å². The number of carbonyl (C=O) groups excluding carboxylic acids is 2. The standard InChI is InChI=1S/C26H21ClN2O3S/c1-2-17-11-13-20(14-12-17)29-25(31)21(24(30)28-26(29)33)15-18-7-4-6-10-23(18)32-16-19-8-3-5-9-22(19)27/h3-15H,2,16H2,1H3,(H,28,30,33). The van der Waals surface area contributed by atoms with Crippen molar-refractivity contribution in [2.24, 2.45) is 0 Å². The average Bonchev–Trinajstić information content (AvgIpc) is 2.82. The minimum absolute atomic E-state index is 0.0306. The van der Waals surface area contributed by atoms with E-state index in [1.165, 1.54) is 11.0 Å². The van der Waals surface area contributed by atoms with E-state index in [9.17, 15) is 9.59 Å². The fraction of sp³-hybridized carbons (Fsp3) is 0.115. The summed E-state index contributed by atoms with van der Waals surface area (Å²) in [5, 5.41) is 3.27. The first-order valence-corrected chi connectivity index (χ1v) is 11.2. The number of benzene rings is 3. The lowest BCUT2D eigenvalue weighted by atomic mass is 10.1. The summed E-state index contributed by atoms with van der Waals surface area (Å²) in [6.45, 7) is 2.30. The molecule has 4 rings (SSSR count). The van der Waals surface area contributed by atoms with Gasteiger partial charge < -0.3 is 4.74 Å². The van der Waals surface area contributed by atoms with Crippen LogP contribution in [0.15, 0.2) is 78.4 Å². The van der Waals surface area contributed by atoms with Gasteiger partial charge in [0.2, 0.25) is 0 Å². The Labute approximate surface area is 202 Å². The normalized spacial score (nSPS) is 15.0. The summed E-state index contributed by atoms with van der Waals surface area (Å²) >= 11 is 11.5. The lowest BCUT2D eigenvalue weighted by Gasteiger charge is -2.29. The SMILES string of the molecule is CCc1ccc(N2C(=O)C(=Cc3ccccc3OCc3ccccc3Cl)C(=O)NC2=S)cc1. The fourth-order valence-corrected chi connectivity index (χ4v) is 3.90. The fourth-order valence-electron chi connectivity index (χ4n) is 3.43. The molecule has 0 aliphatic carbocycles. The number of nitrogens with zero attached hydrogens (tertiary/aromatic N) is 1. The topological polar surface area (TPSA) is 58.6 Å². The van der Waals surface area contributed by atoms with E-state index in [4.69, 9.17) is 28.6 Å². The first kappa shape index (κ1) is 22.7. The van der Waals surface area contributed by atoms with E-state index in [0.717, 1.165) is 17.5 Å². The number of carbonyl (C=O) groups is 2. The van der Waals surface area contributed by atoms with Crippen LogP contribution in [0.5, 0.6) is 5.75 Å². The second-order valence-electron chi connectivity index (χ2n) is 7.40. The van der Waals surface area contributed by atoms with Gasteiger partial charge in [-0.25, -0.2) is 0 Å². The number of aryl methyl sites for hydroxylation is 1. The maximum atomic E-state index is 13.3. The van der Waals surface area contributed by atoms with Gasteiger partial charge in [0.05, 0.1) is 5.69 Å². The number of anilines is 1. The molecule has 1 saturated heterocycles. The van der Waals surface area contributed by atoms with E-state index in [1.807, 2.05) is 54.6 Å². The molecule has 0 aromatic heterocycles. The number of amides is 2. The van der Waals surface area contributed by atoms with Gasteiger partial charge in [-0.1, -0.05) is 67.1 Å². The van der Waals surface area contributed by atoms with E-state index >= 15 is 0 Å². The van der Waals surface area contributed by atoms with Crippen molar-refractivity contribution in [2.75, 3.05) is 4.90 Å². The molecule has 7 heteroatoms. The van der Waals surface area contributed by atoms with Crippen LogP contribution < -0.4 is 15.0 Å². The molecule has 1 aliphatic heterocycles. The quantitative estimate of drug-likeness (QED) is 0.297. The number of thiocarbonyl (C=S) groups is 1. The highest BCUT2D eigenvalue weighted by molar-refractivity contribution is 7.80. The summed E-state index contributed by atoms with van der Waals surface area (Å²) in [5.74, 6) is -0.515. The van der Waals surface area contributed by atoms with Gasteiger partial charge in [-0.05, 0) is 54.5 Å². The third-order valence-electron chi connectivity index (χ3n) is 5.26. The first-order chi connectivity index (χ1) is 16.0. The predicted molar refractivity (Wildman–Crippen MR) is 134 cm³/mol. The van der Waals surface area contributed by atoms with Crippen LogP contribution in [0, 0.1) is 0 Å². The molecule has 2 amide bonds. The Kier molecular flexibility index (Phi) is 6.87. The Morgan fingerprint density at radius 1 is 1.00 bits per heavy atom. The predicted octanol–water partition coefficient (Wildman–Crippen LogP) is 5.31. The van der Waals surface area contributed by atoms with Crippen molar-refractivity contribution in [3.8, 4) is 5.75 Å².